The zero-order valence-electron chi connectivity index (χ0n) is 10.2. The number of hydrogen-bond acceptors (Lipinski definition) is 3. The van der Waals surface area contributed by atoms with Gasteiger partial charge in [0.05, 0.1) is 0 Å². The Bertz CT molecular complexity index is 332. The van der Waals surface area contributed by atoms with Crippen molar-refractivity contribution >= 4 is 11.4 Å². The Morgan fingerprint density at radius 2 is 1.94 bits per heavy atom. The summed E-state index contributed by atoms with van der Waals surface area (Å²) in [6.45, 7) is 2.12. The fourth-order valence-corrected chi connectivity index (χ4v) is 2.21. The summed E-state index contributed by atoms with van der Waals surface area (Å²) in [4.78, 5) is 4.50. The van der Waals surface area contributed by atoms with E-state index >= 15 is 0 Å². The molecule has 1 atom stereocenters. The summed E-state index contributed by atoms with van der Waals surface area (Å²) in [5.74, 6) is 0. The molecule has 0 aliphatic carbocycles. The Morgan fingerprint density at radius 1 is 1.25 bits per heavy atom. The second-order valence-corrected chi connectivity index (χ2v) is 4.76. The number of piperidine rings is 1. The van der Waals surface area contributed by atoms with Gasteiger partial charge in [0.2, 0.25) is 0 Å². The van der Waals surface area contributed by atoms with Gasteiger partial charge >= 0.3 is 0 Å². The van der Waals surface area contributed by atoms with E-state index in [1.807, 2.05) is 0 Å². The highest BCUT2D eigenvalue weighted by atomic mass is 15.1. The second-order valence-electron chi connectivity index (χ2n) is 4.76. The van der Waals surface area contributed by atoms with Gasteiger partial charge in [0, 0.05) is 44.6 Å². The van der Waals surface area contributed by atoms with E-state index < -0.39 is 0 Å². The van der Waals surface area contributed by atoms with Crippen molar-refractivity contribution in [3.05, 3.63) is 24.3 Å². The van der Waals surface area contributed by atoms with E-state index in [2.05, 4.69) is 48.2 Å². The molecule has 3 heteroatoms. The number of rotatable bonds is 2. The number of anilines is 2. The van der Waals surface area contributed by atoms with Gasteiger partial charge in [0.25, 0.3) is 0 Å². The average molecular weight is 219 g/mol. The highest BCUT2D eigenvalue weighted by Gasteiger charge is 2.16. The highest BCUT2D eigenvalue weighted by Crippen LogP contribution is 2.22. The first-order valence-electron chi connectivity index (χ1n) is 5.95. The van der Waals surface area contributed by atoms with Crippen LogP contribution in [0.2, 0.25) is 0 Å². The Hall–Kier alpha value is -1.22. The van der Waals surface area contributed by atoms with Crippen molar-refractivity contribution in [2.75, 3.05) is 37.0 Å². The fraction of sp³-hybridized carbons (Fsp3) is 0.538. The molecule has 0 bridgehead atoms. The van der Waals surface area contributed by atoms with E-state index in [1.54, 1.807) is 0 Å². The zero-order chi connectivity index (χ0) is 11.5. The smallest absolute Gasteiger partial charge is 0.0368 e. The van der Waals surface area contributed by atoms with E-state index in [0.29, 0.717) is 6.04 Å². The van der Waals surface area contributed by atoms with Crippen molar-refractivity contribution < 1.29 is 0 Å². The number of hydrogen-bond donors (Lipinski definition) is 1. The van der Waals surface area contributed by atoms with Crippen LogP contribution in [0.5, 0.6) is 0 Å². The zero-order valence-corrected chi connectivity index (χ0v) is 10.2. The molecule has 0 aromatic heterocycles. The van der Waals surface area contributed by atoms with Gasteiger partial charge in [0.1, 0.15) is 0 Å². The SMILES string of the molecule is CN(C)c1ccc(N2CCC[C@H](N)C2)cc1. The standard InChI is InChI=1S/C13H21N3/c1-15(2)12-5-7-13(8-6-12)16-9-3-4-11(14)10-16/h5-8,11H,3-4,9-10,14H2,1-2H3/t11-/m0/s1. The average Bonchev–Trinajstić information content (AvgIpc) is 2.29. The third-order valence-electron chi connectivity index (χ3n) is 3.19. The molecule has 1 saturated heterocycles. The molecule has 1 aliphatic heterocycles. The maximum atomic E-state index is 5.99. The lowest BCUT2D eigenvalue weighted by molar-refractivity contribution is 0.506. The Kier molecular flexibility index (Phi) is 3.34. The van der Waals surface area contributed by atoms with Crippen LogP contribution < -0.4 is 15.5 Å². The minimum Gasteiger partial charge on any atom is -0.378 e. The van der Waals surface area contributed by atoms with Gasteiger partial charge in [-0.15, -0.1) is 0 Å². The normalized spacial score (nSPS) is 20.9. The van der Waals surface area contributed by atoms with E-state index in [0.717, 1.165) is 19.5 Å². The molecule has 0 radical (unpaired) electrons. The lowest BCUT2D eigenvalue weighted by atomic mass is 10.1. The minimum atomic E-state index is 0.335. The van der Waals surface area contributed by atoms with Crippen LogP contribution >= 0.6 is 0 Å². The Balaban J connectivity index is 2.09. The maximum Gasteiger partial charge on any atom is 0.0368 e. The van der Waals surface area contributed by atoms with E-state index in [1.165, 1.54) is 17.8 Å². The molecule has 2 rings (SSSR count). The van der Waals surface area contributed by atoms with Crippen molar-refractivity contribution in [1.29, 1.82) is 0 Å². The highest BCUT2D eigenvalue weighted by molar-refractivity contribution is 5.56. The fourth-order valence-electron chi connectivity index (χ4n) is 2.21. The van der Waals surface area contributed by atoms with Gasteiger partial charge < -0.3 is 15.5 Å². The topological polar surface area (TPSA) is 32.5 Å². The van der Waals surface area contributed by atoms with Gasteiger partial charge in [-0.05, 0) is 37.1 Å². The molecule has 1 aromatic rings. The van der Waals surface area contributed by atoms with Crippen LogP contribution in [0.4, 0.5) is 11.4 Å². The first kappa shape index (κ1) is 11.3. The first-order chi connectivity index (χ1) is 7.66. The quantitative estimate of drug-likeness (QED) is 0.821. The van der Waals surface area contributed by atoms with Crippen molar-refractivity contribution in [2.45, 2.75) is 18.9 Å². The first-order valence-corrected chi connectivity index (χ1v) is 5.95. The van der Waals surface area contributed by atoms with Crippen molar-refractivity contribution in [1.82, 2.24) is 0 Å². The van der Waals surface area contributed by atoms with Crippen LogP contribution in [0.15, 0.2) is 24.3 Å². The van der Waals surface area contributed by atoms with E-state index in [4.69, 9.17) is 5.73 Å². The third-order valence-corrected chi connectivity index (χ3v) is 3.19. The van der Waals surface area contributed by atoms with Crippen molar-refractivity contribution in [3.8, 4) is 0 Å². The van der Waals surface area contributed by atoms with Crippen LogP contribution in [-0.2, 0) is 0 Å². The minimum absolute atomic E-state index is 0.335. The molecule has 0 amide bonds. The van der Waals surface area contributed by atoms with Gasteiger partial charge in [-0.2, -0.15) is 0 Å². The lowest BCUT2D eigenvalue weighted by Crippen LogP contribution is -2.42. The largest absolute Gasteiger partial charge is 0.378 e. The van der Waals surface area contributed by atoms with Crippen LogP contribution in [0.3, 0.4) is 0 Å². The molecule has 88 valence electrons. The lowest BCUT2D eigenvalue weighted by Gasteiger charge is -2.32. The number of nitrogens with zero attached hydrogens (tertiary/aromatic N) is 2. The molecule has 1 heterocycles. The van der Waals surface area contributed by atoms with Crippen LogP contribution in [-0.4, -0.2) is 33.2 Å². The molecule has 3 nitrogen and oxygen atoms in total. The molecule has 0 spiro atoms. The van der Waals surface area contributed by atoms with Gasteiger partial charge in [-0.1, -0.05) is 0 Å². The monoisotopic (exact) mass is 219 g/mol. The van der Waals surface area contributed by atoms with Crippen LogP contribution in [0.1, 0.15) is 12.8 Å². The summed E-state index contributed by atoms with van der Waals surface area (Å²) in [6, 6.07) is 9.04. The second kappa shape index (κ2) is 4.74. The Morgan fingerprint density at radius 3 is 2.50 bits per heavy atom. The van der Waals surface area contributed by atoms with Gasteiger partial charge in [-0.25, -0.2) is 0 Å². The van der Waals surface area contributed by atoms with E-state index in [-0.39, 0.29) is 0 Å². The number of benzene rings is 1. The summed E-state index contributed by atoms with van der Waals surface area (Å²) >= 11 is 0. The molecule has 1 aliphatic rings. The maximum absolute atomic E-state index is 5.99. The van der Waals surface area contributed by atoms with Gasteiger partial charge in [0.15, 0.2) is 0 Å². The molecular formula is C13H21N3. The van der Waals surface area contributed by atoms with E-state index in [9.17, 15) is 0 Å². The molecular weight excluding hydrogens is 198 g/mol. The summed E-state index contributed by atoms with van der Waals surface area (Å²) in [6.07, 6.45) is 2.36. The summed E-state index contributed by atoms with van der Waals surface area (Å²) in [7, 11) is 4.12. The van der Waals surface area contributed by atoms with Crippen molar-refractivity contribution in [2.24, 2.45) is 5.73 Å². The summed E-state index contributed by atoms with van der Waals surface area (Å²) < 4.78 is 0. The summed E-state index contributed by atoms with van der Waals surface area (Å²) in [5.41, 5.74) is 8.52. The molecule has 0 saturated carbocycles. The number of nitrogens with two attached hydrogens (primary N) is 1. The summed E-state index contributed by atoms with van der Waals surface area (Å²) in [5, 5.41) is 0. The molecule has 1 fully saturated rings. The Labute approximate surface area is 97.8 Å². The van der Waals surface area contributed by atoms with Gasteiger partial charge in [-0.3, -0.25) is 0 Å². The predicted molar refractivity (Wildman–Crippen MR) is 70.2 cm³/mol. The third kappa shape index (κ3) is 2.47. The predicted octanol–water partition coefficient (Wildman–Crippen LogP) is 1.68. The molecule has 0 unspecified atom stereocenters. The molecule has 16 heavy (non-hydrogen) atoms. The molecule has 1 aromatic carbocycles. The molecule has 2 N–H and O–H groups in total. The van der Waals surface area contributed by atoms with Crippen LogP contribution in [0.25, 0.3) is 0 Å². The van der Waals surface area contributed by atoms with Crippen LogP contribution in [0, 0.1) is 0 Å². The van der Waals surface area contributed by atoms with Crippen molar-refractivity contribution in [3.63, 3.8) is 0 Å².